The lowest BCUT2D eigenvalue weighted by Gasteiger charge is -2.04. The van der Waals surface area contributed by atoms with Gasteiger partial charge >= 0.3 is 0 Å². The number of fused-ring (bicyclic) bond motifs is 4. The van der Waals surface area contributed by atoms with Crippen LogP contribution in [-0.2, 0) is 0 Å². The van der Waals surface area contributed by atoms with Crippen molar-refractivity contribution in [2.24, 2.45) is 0 Å². The first-order valence-corrected chi connectivity index (χ1v) is 19.5. The zero-order valence-electron chi connectivity index (χ0n) is 35.6. The Kier molecular flexibility index (Phi) is 46.9. The Labute approximate surface area is 307 Å². The van der Waals surface area contributed by atoms with Crippen LogP contribution in [0.5, 0.6) is 0 Å². The predicted molar refractivity (Wildman–Crippen MR) is 237 cm³/mol. The fourth-order valence-electron chi connectivity index (χ4n) is 3.98. The minimum atomic E-state index is 1.31. The van der Waals surface area contributed by atoms with E-state index in [4.69, 9.17) is 0 Å². The maximum Gasteiger partial charge on any atom is -0.0105 e. The van der Waals surface area contributed by atoms with Crippen LogP contribution in [0, 0.1) is 20.8 Å². The Balaban J connectivity index is -0.000000169. The minimum absolute atomic E-state index is 1.31. The highest BCUT2D eigenvalue weighted by atomic mass is 14.0. The van der Waals surface area contributed by atoms with E-state index in [1.165, 1.54) is 49.0 Å². The lowest BCUT2D eigenvalue weighted by molar-refractivity contribution is 1.48. The molecule has 0 aliphatic rings. The Hall–Kier alpha value is -3.90. The molecular formula is C49H78. The van der Waals surface area contributed by atoms with Crippen molar-refractivity contribution in [2.75, 3.05) is 0 Å². The fraction of sp³-hybridized carbons (Fsp3) is 0.388. The Morgan fingerprint density at radius 1 is 0.224 bits per heavy atom. The summed E-state index contributed by atoms with van der Waals surface area (Å²) in [6, 6.07) is 44.7. The first-order chi connectivity index (χ1) is 24.1. The van der Waals surface area contributed by atoms with Gasteiger partial charge in [0, 0.05) is 0 Å². The normalized spacial score (nSPS) is 7.90. The largest absolute Gasteiger partial charge is 0.0683 e. The molecule has 0 aromatic heterocycles. The minimum Gasteiger partial charge on any atom is -0.0683 e. The molecular weight excluding hydrogens is 589 g/mol. The fourth-order valence-corrected chi connectivity index (χ4v) is 3.98. The Morgan fingerprint density at radius 2 is 0.551 bits per heavy atom. The summed E-state index contributed by atoms with van der Waals surface area (Å²) in [6.45, 7) is 38.3. The molecule has 0 bridgehead atoms. The van der Waals surface area contributed by atoms with E-state index in [9.17, 15) is 0 Å². The summed E-state index contributed by atoms with van der Waals surface area (Å²) < 4.78 is 0. The molecule has 49 heavy (non-hydrogen) atoms. The molecule has 0 heteroatoms. The van der Waals surface area contributed by atoms with Gasteiger partial charge in [-0.3, -0.25) is 0 Å². The van der Waals surface area contributed by atoms with Crippen LogP contribution >= 0.6 is 0 Å². The highest BCUT2D eigenvalue weighted by Crippen LogP contribution is 2.25. The van der Waals surface area contributed by atoms with E-state index in [1.807, 2.05) is 129 Å². The summed E-state index contributed by atoms with van der Waals surface area (Å²) in [5.41, 5.74) is 3.96. The molecule has 0 atom stereocenters. The van der Waals surface area contributed by atoms with Gasteiger partial charge in [0.05, 0.1) is 0 Å². The lowest BCUT2D eigenvalue weighted by atomic mass is 10.0. The molecule has 0 aliphatic carbocycles. The third-order valence-electron chi connectivity index (χ3n) is 5.75. The molecule has 0 fully saturated rings. The van der Waals surface area contributed by atoms with Gasteiger partial charge in [-0.15, -0.1) is 0 Å². The predicted octanol–water partition coefficient (Wildman–Crippen LogP) is 17.7. The summed E-state index contributed by atoms with van der Waals surface area (Å²) in [4.78, 5) is 0. The van der Waals surface area contributed by atoms with E-state index in [1.54, 1.807) is 0 Å². The Morgan fingerprint density at radius 3 is 1.02 bits per heavy atom. The molecule has 0 N–H and O–H groups in total. The zero-order valence-corrected chi connectivity index (χ0v) is 35.6. The first-order valence-electron chi connectivity index (χ1n) is 19.5. The van der Waals surface area contributed by atoms with E-state index < -0.39 is 0 Å². The van der Waals surface area contributed by atoms with Crippen molar-refractivity contribution in [3.05, 3.63) is 144 Å². The second-order valence-electron chi connectivity index (χ2n) is 8.52. The van der Waals surface area contributed by atoms with E-state index in [2.05, 4.69) is 130 Å². The van der Waals surface area contributed by atoms with Crippen LogP contribution < -0.4 is 0 Å². The molecule has 0 unspecified atom stereocenters. The van der Waals surface area contributed by atoms with Gasteiger partial charge in [0.2, 0.25) is 0 Å². The molecule has 0 nitrogen and oxygen atoms in total. The molecule has 0 radical (unpaired) electrons. The molecule has 0 spiro atoms. The summed E-state index contributed by atoms with van der Waals surface area (Å²) in [5, 5.41) is 7.97. The maximum atomic E-state index is 2.24. The van der Waals surface area contributed by atoms with Crippen molar-refractivity contribution in [3.63, 3.8) is 0 Å². The van der Waals surface area contributed by atoms with E-state index in [0.717, 1.165) is 0 Å². The standard InChI is InChI=1S/C15H12.C11H10.C7H8.8C2H6/c1-11-6-9-15-13(10-11)8-7-12-4-2-3-5-14(12)15;1-9-6-7-10-4-2-3-5-11(10)8-9;1-7-5-3-2-4-6-7;8*1-2/h2-10H,1H3;2-8H,1H3;2-6H,1H3;8*1-2H3. The topological polar surface area (TPSA) is 0 Å². The quantitative estimate of drug-likeness (QED) is 0.142. The van der Waals surface area contributed by atoms with E-state index >= 15 is 0 Å². The zero-order chi connectivity index (χ0) is 39.0. The van der Waals surface area contributed by atoms with Crippen molar-refractivity contribution in [1.82, 2.24) is 0 Å². The van der Waals surface area contributed by atoms with Gasteiger partial charge in [-0.05, 0) is 53.1 Å². The third kappa shape index (κ3) is 24.0. The number of rotatable bonds is 0. The Bertz CT molecular complexity index is 1480. The van der Waals surface area contributed by atoms with Gasteiger partial charge in [0.1, 0.15) is 0 Å². The van der Waals surface area contributed by atoms with E-state index in [0.29, 0.717) is 0 Å². The summed E-state index contributed by atoms with van der Waals surface area (Å²) >= 11 is 0. The SMILES string of the molecule is CC.CC.CC.CC.CC.CC.CC.CC.Cc1ccc2c(ccc3ccccc32)c1.Cc1ccc2ccccc2c1.Cc1ccccc1. The number of benzene rings is 6. The molecule has 0 saturated heterocycles. The first kappa shape index (κ1) is 54.5. The van der Waals surface area contributed by atoms with Crippen LogP contribution in [0.1, 0.15) is 127 Å². The van der Waals surface area contributed by atoms with Crippen molar-refractivity contribution in [2.45, 2.75) is 132 Å². The second-order valence-corrected chi connectivity index (χ2v) is 8.52. The third-order valence-corrected chi connectivity index (χ3v) is 5.75. The molecule has 6 aromatic rings. The lowest BCUT2D eigenvalue weighted by Crippen LogP contribution is -1.78. The van der Waals surface area contributed by atoms with Crippen LogP contribution in [0.4, 0.5) is 0 Å². The molecule has 0 amide bonds. The van der Waals surface area contributed by atoms with Crippen LogP contribution in [0.3, 0.4) is 0 Å². The van der Waals surface area contributed by atoms with Gasteiger partial charge in [0.25, 0.3) is 0 Å². The van der Waals surface area contributed by atoms with Crippen molar-refractivity contribution in [3.8, 4) is 0 Å². The van der Waals surface area contributed by atoms with Gasteiger partial charge in [-0.1, -0.05) is 255 Å². The molecule has 0 aliphatic heterocycles. The molecule has 274 valence electrons. The molecule has 6 aromatic carbocycles. The average Bonchev–Trinajstić information content (AvgIpc) is 3.21. The van der Waals surface area contributed by atoms with Gasteiger partial charge in [-0.2, -0.15) is 0 Å². The highest BCUT2D eigenvalue weighted by Gasteiger charge is 1.99. The van der Waals surface area contributed by atoms with Gasteiger partial charge < -0.3 is 0 Å². The van der Waals surface area contributed by atoms with Crippen molar-refractivity contribution >= 4 is 32.3 Å². The van der Waals surface area contributed by atoms with Crippen LogP contribution in [0.2, 0.25) is 0 Å². The average molecular weight is 667 g/mol. The summed E-state index contributed by atoms with van der Waals surface area (Å²) in [7, 11) is 0. The molecule has 0 heterocycles. The van der Waals surface area contributed by atoms with Crippen LogP contribution in [-0.4, -0.2) is 0 Å². The van der Waals surface area contributed by atoms with Crippen molar-refractivity contribution < 1.29 is 0 Å². The number of aryl methyl sites for hydroxylation is 3. The number of hydrogen-bond acceptors (Lipinski definition) is 0. The van der Waals surface area contributed by atoms with Gasteiger partial charge in [-0.25, -0.2) is 0 Å². The van der Waals surface area contributed by atoms with Crippen LogP contribution in [0.15, 0.2) is 127 Å². The molecule has 6 rings (SSSR count). The van der Waals surface area contributed by atoms with Crippen LogP contribution in [0.25, 0.3) is 32.3 Å². The van der Waals surface area contributed by atoms with Crippen molar-refractivity contribution in [1.29, 1.82) is 0 Å². The summed E-state index contributed by atoms with van der Waals surface area (Å²) in [6.07, 6.45) is 0. The second kappa shape index (κ2) is 42.1. The van der Waals surface area contributed by atoms with Gasteiger partial charge in [0.15, 0.2) is 0 Å². The monoisotopic (exact) mass is 667 g/mol. The number of hydrogen-bond donors (Lipinski definition) is 0. The highest BCUT2D eigenvalue weighted by molar-refractivity contribution is 6.07. The maximum absolute atomic E-state index is 2.24. The smallest absolute Gasteiger partial charge is 0.0105 e. The summed E-state index contributed by atoms with van der Waals surface area (Å²) in [5.74, 6) is 0. The molecule has 0 saturated carbocycles. The van der Waals surface area contributed by atoms with E-state index in [-0.39, 0.29) is 0 Å².